The summed E-state index contributed by atoms with van der Waals surface area (Å²) in [6.45, 7) is 3.22. The Hall–Kier alpha value is -1.55. The van der Waals surface area contributed by atoms with E-state index in [0.717, 1.165) is 19.3 Å². The number of hydrogen-bond acceptors (Lipinski definition) is 3. The van der Waals surface area contributed by atoms with Crippen molar-refractivity contribution in [1.82, 2.24) is 10.9 Å². The fraction of sp³-hybridized carbons (Fsp3) is 0.462. The van der Waals surface area contributed by atoms with Gasteiger partial charge in [0.1, 0.15) is 0 Å². The number of hydrazine groups is 1. The van der Waals surface area contributed by atoms with Gasteiger partial charge in [-0.3, -0.25) is 5.43 Å². The van der Waals surface area contributed by atoms with Crippen molar-refractivity contribution >= 4 is 6.09 Å². The van der Waals surface area contributed by atoms with Crippen LogP contribution in [-0.4, -0.2) is 19.2 Å². The van der Waals surface area contributed by atoms with Crippen molar-refractivity contribution in [3.63, 3.8) is 0 Å². The fourth-order valence-electron chi connectivity index (χ4n) is 1.33. The summed E-state index contributed by atoms with van der Waals surface area (Å²) < 4.78 is 4.92. The third kappa shape index (κ3) is 6.58. The highest BCUT2D eigenvalue weighted by Gasteiger charge is 1.99. The first-order valence-electron chi connectivity index (χ1n) is 6.02. The molecule has 17 heavy (non-hydrogen) atoms. The summed E-state index contributed by atoms with van der Waals surface area (Å²) in [5.41, 5.74) is 6.57. The van der Waals surface area contributed by atoms with E-state index in [4.69, 9.17) is 4.74 Å². The lowest BCUT2D eigenvalue weighted by Gasteiger charge is -2.07. The van der Waals surface area contributed by atoms with Crippen LogP contribution in [0.15, 0.2) is 30.3 Å². The Bertz CT molecular complexity index is 314. The first-order chi connectivity index (χ1) is 8.33. The van der Waals surface area contributed by atoms with Crippen molar-refractivity contribution in [1.29, 1.82) is 0 Å². The van der Waals surface area contributed by atoms with E-state index in [1.807, 2.05) is 18.2 Å². The average Bonchev–Trinajstić information content (AvgIpc) is 2.36. The first kappa shape index (κ1) is 13.5. The summed E-state index contributed by atoms with van der Waals surface area (Å²) in [6.07, 6.45) is 2.38. The van der Waals surface area contributed by atoms with Gasteiger partial charge >= 0.3 is 6.09 Å². The van der Waals surface area contributed by atoms with Gasteiger partial charge in [-0.25, -0.2) is 10.2 Å². The van der Waals surface area contributed by atoms with Gasteiger partial charge < -0.3 is 4.74 Å². The molecule has 0 saturated heterocycles. The van der Waals surface area contributed by atoms with Crippen molar-refractivity contribution in [2.45, 2.75) is 26.2 Å². The van der Waals surface area contributed by atoms with Crippen LogP contribution in [-0.2, 0) is 11.2 Å². The molecule has 0 unspecified atom stereocenters. The van der Waals surface area contributed by atoms with Gasteiger partial charge in [0.15, 0.2) is 0 Å². The normalized spacial score (nSPS) is 9.94. The number of unbranched alkanes of at least 4 members (excludes halogenated alkanes) is 1. The number of amides is 1. The Morgan fingerprint density at radius 1 is 1.29 bits per heavy atom. The Balaban J connectivity index is 2.02. The van der Waals surface area contributed by atoms with Gasteiger partial charge in [-0.15, -0.1) is 0 Å². The zero-order chi connectivity index (χ0) is 12.3. The number of ether oxygens (including phenoxy) is 1. The van der Waals surface area contributed by atoms with Gasteiger partial charge in [0.25, 0.3) is 0 Å². The van der Waals surface area contributed by atoms with E-state index in [0.29, 0.717) is 13.2 Å². The Kier molecular flexibility index (Phi) is 6.82. The SMILES string of the molecule is CCCCOC(=O)NNCCc1ccccc1. The van der Waals surface area contributed by atoms with Crippen LogP contribution >= 0.6 is 0 Å². The number of carbonyl (C=O) groups excluding carboxylic acids is 1. The molecule has 1 rings (SSSR count). The highest BCUT2D eigenvalue weighted by atomic mass is 16.6. The van der Waals surface area contributed by atoms with Gasteiger partial charge in [-0.2, -0.15) is 0 Å². The molecule has 1 aromatic rings. The molecule has 0 aliphatic carbocycles. The van der Waals surface area contributed by atoms with Crippen LogP contribution in [0, 0.1) is 0 Å². The monoisotopic (exact) mass is 236 g/mol. The summed E-state index contributed by atoms with van der Waals surface area (Å²) >= 11 is 0. The number of hydrogen-bond donors (Lipinski definition) is 2. The van der Waals surface area contributed by atoms with E-state index in [1.54, 1.807) is 0 Å². The molecule has 1 amide bonds. The van der Waals surface area contributed by atoms with Gasteiger partial charge in [-0.05, 0) is 18.4 Å². The molecule has 1 aromatic carbocycles. The first-order valence-corrected chi connectivity index (χ1v) is 6.02. The molecule has 0 aliphatic heterocycles. The van der Waals surface area contributed by atoms with Gasteiger partial charge in [0.2, 0.25) is 0 Å². The summed E-state index contributed by atoms with van der Waals surface area (Å²) in [4.78, 5) is 11.1. The lowest BCUT2D eigenvalue weighted by molar-refractivity contribution is 0.140. The van der Waals surface area contributed by atoms with E-state index < -0.39 is 6.09 Å². The second-order valence-electron chi connectivity index (χ2n) is 3.78. The van der Waals surface area contributed by atoms with Crippen molar-refractivity contribution in [3.8, 4) is 0 Å². The quantitative estimate of drug-likeness (QED) is 0.564. The van der Waals surface area contributed by atoms with Crippen LogP contribution in [0.2, 0.25) is 0 Å². The molecule has 0 aliphatic rings. The van der Waals surface area contributed by atoms with E-state index in [2.05, 4.69) is 29.9 Å². The molecule has 4 nitrogen and oxygen atoms in total. The number of benzene rings is 1. The molecular formula is C13H20N2O2. The van der Waals surface area contributed by atoms with Gasteiger partial charge in [0.05, 0.1) is 6.61 Å². The standard InChI is InChI=1S/C13H20N2O2/c1-2-3-11-17-13(16)15-14-10-9-12-7-5-4-6-8-12/h4-8,14H,2-3,9-11H2,1H3,(H,15,16). The van der Waals surface area contributed by atoms with E-state index in [-0.39, 0.29) is 0 Å². The van der Waals surface area contributed by atoms with Crippen molar-refractivity contribution in [3.05, 3.63) is 35.9 Å². The predicted octanol–water partition coefficient (Wildman–Crippen LogP) is 2.26. The Labute approximate surface area is 102 Å². The Morgan fingerprint density at radius 2 is 2.06 bits per heavy atom. The molecule has 0 heterocycles. The molecule has 0 spiro atoms. The Morgan fingerprint density at radius 3 is 2.76 bits per heavy atom. The molecule has 0 fully saturated rings. The van der Waals surface area contributed by atoms with Crippen molar-refractivity contribution in [2.75, 3.05) is 13.2 Å². The molecule has 2 N–H and O–H groups in total. The summed E-state index contributed by atoms with van der Waals surface area (Å²) in [5.74, 6) is 0. The highest BCUT2D eigenvalue weighted by molar-refractivity contribution is 5.66. The van der Waals surface area contributed by atoms with Crippen LogP contribution in [0.3, 0.4) is 0 Å². The maximum Gasteiger partial charge on any atom is 0.421 e. The lowest BCUT2D eigenvalue weighted by Crippen LogP contribution is -2.39. The summed E-state index contributed by atoms with van der Waals surface area (Å²) in [6, 6.07) is 10.1. The second-order valence-corrected chi connectivity index (χ2v) is 3.78. The van der Waals surface area contributed by atoms with Crippen LogP contribution in [0.4, 0.5) is 4.79 Å². The maximum atomic E-state index is 11.1. The molecule has 0 bridgehead atoms. The number of nitrogens with one attached hydrogen (secondary N) is 2. The molecule has 4 heteroatoms. The van der Waals surface area contributed by atoms with E-state index in [1.165, 1.54) is 5.56 Å². The van der Waals surface area contributed by atoms with Gasteiger partial charge in [0, 0.05) is 6.54 Å². The minimum atomic E-state index is -0.411. The molecular weight excluding hydrogens is 216 g/mol. The third-order valence-electron chi connectivity index (χ3n) is 2.30. The molecule has 0 saturated carbocycles. The predicted molar refractivity (Wildman–Crippen MR) is 67.5 cm³/mol. The largest absolute Gasteiger partial charge is 0.449 e. The van der Waals surface area contributed by atoms with Crippen molar-refractivity contribution < 1.29 is 9.53 Å². The fourth-order valence-corrected chi connectivity index (χ4v) is 1.33. The van der Waals surface area contributed by atoms with E-state index >= 15 is 0 Å². The minimum absolute atomic E-state index is 0.411. The van der Waals surface area contributed by atoms with Gasteiger partial charge in [-0.1, -0.05) is 43.7 Å². The summed E-state index contributed by atoms with van der Waals surface area (Å²) in [5, 5.41) is 0. The van der Waals surface area contributed by atoms with Crippen molar-refractivity contribution in [2.24, 2.45) is 0 Å². The zero-order valence-corrected chi connectivity index (χ0v) is 10.2. The van der Waals surface area contributed by atoms with Crippen LogP contribution in [0.25, 0.3) is 0 Å². The summed E-state index contributed by atoms with van der Waals surface area (Å²) in [7, 11) is 0. The van der Waals surface area contributed by atoms with E-state index in [9.17, 15) is 4.79 Å². The number of rotatable bonds is 7. The number of carbonyl (C=O) groups is 1. The topological polar surface area (TPSA) is 50.4 Å². The smallest absolute Gasteiger partial charge is 0.421 e. The molecule has 0 atom stereocenters. The highest BCUT2D eigenvalue weighted by Crippen LogP contribution is 1.97. The second kappa shape index (κ2) is 8.58. The molecule has 94 valence electrons. The molecule has 0 radical (unpaired) electrons. The van der Waals surface area contributed by atoms with Crippen LogP contribution in [0.5, 0.6) is 0 Å². The van der Waals surface area contributed by atoms with Crippen LogP contribution < -0.4 is 10.9 Å². The maximum absolute atomic E-state index is 11.1. The zero-order valence-electron chi connectivity index (χ0n) is 10.2. The lowest BCUT2D eigenvalue weighted by atomic mass is 10.2. The molecule has 0 aromatic heterocycles. The average molecular weight is 236 g/mol. The minimum Gasteiger partial charge on any atom is -0.449 e. The third-order valence-corrected chi connectivity index (χ3v) is 2.30. The van der Waals surface area contributed by atoms with Crippen LogP contribution in [0.1, 0.15) is 25.3 Å².